The maximum atomic E-state index is 12.1. The van der Waals surface area contributed by atoms with Crippen LogP contribution in [0.2, 0.25) is 0 Å². The van der Waals surface area contributed by atoms with E-state index in [1.54, 1.807) is 7.11 Å². The third-order valence-corrected chi connectivity index (χ3v) is 4.11. The van der Waals surface area contributed by atoms with E-state index in [0.717, 1.165) is 11.3 Å². The minimum Gasteiger partial charge on any atom is -0.496 e. The van der Waals surface area contributed by atoms with Crippen molar-refractivity contribution in [3.05, 3.63) is 35.4 Å². The van der Waals surface area contributed by atoms with Crippen LogP contribution in [0, 0.1) is 5.92 Å². The highest BCUT2D eigenvalue weighted by Gasteiger charge is 2.12. The highest BCUT2D eigenvalue weighted by atomic mass is 16.5. The minimum absolute atomic E-state index is 0.0371. The number of amides is 1. The summed E-state index contributed by atoms with van der Waals surface area (Å²) in [5.74, 6) is 1.43. The van der Waals surface area contributed by atoms with Gasteiger partial charge in [0.15, 0.2) is 0 Å². The third kappa shape index (κ3) is 4.62. The number of carbonyl (C=O) groups is 1. The first-order chi connectivity index (χ1) is 10.6. The zero-order chi connectivity index (χ0) is 15.9. The molecule has 2 rings (SSSR count). The first-order valence-electron chi connectivity index (χ1n) is 8.27. The molecule has 0 unspecified atom stereocenters. The van der Waals surface area contributed by atoms with Gasteiger partial charge in [-0.3, -0.25) is 4.79 Å². The number of hydrogen-bond acceptors (Lipinski definition) is 2. The second-order valence-electron chi connectivity index (χ2n) is 6.34. The largest absolute Gasteiger partial charge is 0.496 e. The molecule has 0 spiro atoms. The predicted molar refractivity (Wildman–Crippen MR) is 91.2 cm³/mol. The average molecular weight is 301 g/mol. The van der Waals surface area contributed by atoms with Crippen molar-refractivity contribution in [1.82, 2.24) is 5.32 Å². The summed E-state index contributed by atoms with van der Waals surface area (Å²) >= 11 is 0. The Balaban J connectivity index is 2.16. The molecule has 0 heterocycles. The van der Waals surface area contributed by atoms with Gasteiger partial charge in [0.1, 0.15) is 5.75 Å². The van der Waals surface area contributed by atoms with Crippen molar-refractivity contribution in [2.45, 2.75) is 52.0 Å². The number of carbonyl (C=O) groups excluding carboxylic acids is 1. The van der Waals surface area contributed by atoms with E-state index in [-0.39, 0.29) is 11.9 Å². The fourth-order valence-electron chi connectivity index (χ4n) is 2.92. The van der Waals surface area contributed by atoms with Crippen LogP contribution < -0.4 is 10.1 Å². The van der Waals surface area contributed by atoms with E-state index in [4.69, 9.17) is 4.74 Å². The van der Waals surface area contributed by atoms with E-state index in [2.05, 4.69) is 17.5 Å². The number of benzene rings is 1. The quantitative estimate of drug-likeness (QED) is 0.874. The summed E-state index contributed by atoms with van der Waals surface area (Å²) < 4.78 is 5.42. The molecule has 1 aromatic carbocycles. The molecule has 0 radical (unpaired) electrons. The van der Waals surface area contributed by atoms with Crippen LogP contribution in [0.1, 0.15) is 61.9 Å². The summed E-state index contributed by atoms with van der Waals surface area (Å²) in [6.45, 7) is 3.93. The molecule has 0 aromatic heterocycles. The van der Waals surface area contributed by atoms with Crippen LogP contribution in [-0.2, 0) is 0 Å². The van der Waals surface area contributed by atoms with Gasteiger partial charge < -0.3 is 10.1 Å². The molecule has 0 saturated heterocycles. The van der Waals surface area contributed by atoms with E-state index in [1.165, 1.54) is 32.1 Å². The van der Waals surface area contributed by atoms with Gasteiger partial charge in [0.25, 0.3) is 5.91 Å². The van der Waals surface area contributed by atoms with Crippen LogP contribution in [0.4, 0.5) is 0 Å². The molecule has 1 aliphatic rings. The third-order valence-electron chi connectivity index (χ3n) is 4.11. The van der Waals surface area contributed by atoms with Gasteiger partial charge in [0.2, 0.25) is 0 Å². The first-order valence-corrected chi connectivity index (χ1v) is 8.27. The maximum absolute atomic E-state index is 12.1. The monoisotopic (exact) mass is 301 g/mol. The molecular formula is C19H27NO2. The van der Waals surface area contributed by atoms with Gasteiger partial charge in [-0.1, -0.05) is 31.4 Å². The Morgan fingerprint density at radius 2 is 2.00 bits per heavy atom. The first kappa shape index (κ1) is 16.6. The molecule has 0 aliphatic heterocycles. The summed E-state index contributed by atoms with van der Waals surface area (Å²) in [4.78, 5) is 12.1. The Hall–Kier alpha value is -1.77. The van der Waals surface area contributed by atoms with E-state index in [0.29, 0.717) is 11.5 Å². The topological polar surface area (TPSA) is 38.3 Å². The van der Waals surface area contributed by atoms with Crippen molar-refractivity contribution in [3.8, 4) is 5.75 Å². The highest BCUT2D eigenvalue weighted by molar-refractivity contribution is 5.95. The van der Waals surface area contributed by atoms with Crippen LogP contribution in [0.3, 0.4) is 0 Å². The van der Waals surface area contributed by atoms with Crippen molar-refractivity contribution in [1.29, 1.82) is 0 Å². The molecule has 1 N–H and O–H groups in total. The SMILES string of the molecule is COc1ccc(C(=O)NC(C)C)cc1C=CC1CCCCC1. The van der Waals surface area contributed by atoms with Gasteiger partial charge >= 0.3 is 0 Å². The van der Waals surface area contributed by atoms with Crippen LogP contribution in [-0.4, -0.2) is 19.1 Å². The van der Waals surface area contributed by atoms with Gasteiger partial charge in [-0.2, -0.15) is 0 Å². The fourth-order valence-corrected chi connectivity index (χ4v) is 2.92. The number of allylic oxidation sites excluding steroid dienone is 1. The molecular weight excluding hydrogens is 274 g/mol. The van der Waals surface area contributed by atoms with E-state index < -0.39 is 0 Å². The summed E-state index contributed by atoms with van der Waals surface area (Å²) in [6, 6.07) is 5.73. The van der Waals surface area contributed by atoms with Crippen LogP contribution in [0.25, 0.3) is 6.08 Å². The maximum Gasteiger partial charge on any atom is 0.251 e. The molecule has 1 aliphatic carbocycles. The number of ether oxygens (including phenoxy) is 1. The Labute approximate surface area is 133 Å². The molecule has 0 bridgehead atoms. The van der Waals surface area contributed by atoms with Crippen LogP contribution >= 0.6 is 0 Å². The average Bonchev–Trinajstić information content (AvgIpc) is 2.53. The summed E-state index contributed by atoms with van der Waals surface area (Å²) in [7, 11) is 1.67. The van der Waals surface area contributed by atoms with E-state index in [9.17, 15) is 4.79 Å². The number of hydrogen-bond donors (Lipinski definition) is 1. The van der Waals surface area contributed by atoms with Crippen LogP contribution in [0.5, 0.6) is 5.75 Å². The zero-order valence-corrected chi connectivity index (χ0v) is 13.9. The fraction of sp³-hybridized carbons (Fsp3) is 0.526. The molecule has 1 aromatic rings. The lowest BCUT2D eigenvalue weighted by molar-refractivity contribution is 0.0943. The Bertz CT molecular complexity index is 528. The van der Waals surface area contributed by atoms with Gasteiger partial charge in [-0.15, -0.1) is 0 Å². The summed E-state index contributed by atoms with van der Waals surface area (Å²) in [6.07, 6.45) is 10.9. The molecule has 22 heavy (non-hydrogen) atoms. The van der Waals surface area contributed by atoms with Crippen molar-refractivity contribution in [3.63, 3.8) is 0 Å². The normalized spacial score (nSPS) is 16.2. The summed E-state index contributed by atoms with van der Waals surface area (Å²) in [5, 5.41) is 2.93. The standard InChI is InChI=1S/C19H27NO2/c1-14(2)20-19(21)17-11-12-18(22-3)16(13-17)10-9-15-7-5-4-6-8-15/h9-15H,4-8H2,1-3H3,(H,20,21). The molecule has 1 fully saturated rings. The smallest absolute Gasteiger partial charge is 0.251 e. The van der Waals surface area contributed by atoms with Crippen molar-refractivity contribution >= 4 is 12.0 Å². The lowest BCUT2D eigenvalue weighted by Crippen LogP contribution is -2.30. The van der Waals surface area contributed by atoms with E-state index in [1.807, 2.05) is 32.0 Å². The molecule has 120 valence electrons. The Morgan fingerprint density at radius 3 is 2.64 bits per heavy atom. The zero-order valence-electron chi connectivity index (χ0n) is 13.9. The predicted octanol–water partition coefficient (Wildman–Crippen LogP) is 4.43. The Morgan fingerprint density at radius 1 is 1.27 bits per heavy atom. The minimum atomic E-state index is -0.0371. The second kappa shape index (κ2) is 8.02. The van der Waals surface area contributed by atoms with E-state index >= 15 is 0 Å². The molecule has 0 atom stereocenters. The summed E-state index contributed by atoms with van der Waals surface area (Å²) in [5.41, 5.74) is 1.65. The highest BCUT2D eigenvalue weighted by Crippen LogP contribution is 2.27. The number of nitrogens with one attached hydrogen (secondary N) is 1. The van der Waals surface area contributed by atoms with Crippen molar-refractivity contribution in [2.75, 3.05) is 7.11 Å². The number of methoxy groups -OCH3 is 1. The van der Waals surface area contributed by atoms with Gasteiger partial charge in [-0.25, -0.2) is 0 Å². The van der Waals surface area contributed by atoms with Gasteiger partial charge in [0, 0.05) is 17.2 Å². The van der Waals surface area contributed by atoms with Gasteiger partial charge in [-0.05, 0) is 50.8 Å². The van der Waals surface area contributed by atoms with Crippen LogP contribution in [0.15, 0.2) is 24.3 Å². The molecule has 3 heteroatoms. The molecule has 1 amide bonds. The Kier molecular flexibility index (Phi) is 6.05. The lowest BCUT2D eigenvalue weighted by atomic mass is 9.88. The van der Waals surface area contributed by atoms with Gasteiger partial charge in [0.05, 0.1) is 7.11 Å². The molecule has 3 nitrogen and oxygen atoms in total. The van der Waals surface area contributed by atoms with Crippen molar-refractivity contribution < 1.29 is 9.53 Å². The molecule has 1 saturated carbocycles. The second-order valence-corrected chi connectivity index (χ2v) is 6.34. The number of rotatable bonds is 5. The lowest BCUT2D eigenvalue weighted by Gasteiger charge is -2.18. The van der Waals surface area contributed by atoms with Crippen molar-refractivity contribution in [2.24, 2.45) is 5.92 Å².